The normalized spacial score (nSPS) is 14.9. The Hall–Kier alpha value is -3.93. The summed E-state index contributed by atoms with van der Waals surface area (Å²) in [6, 6.07) is 18.0. The minimum atomic E-state index is -0.577. The predicted octanol–water partition coefficient (Wildman–Crippen LogP) is 6.16. The molecule has 0 saturated heterocycles. The van der Waals surface area contributed by atoms with Crippen LogP contribution in [0.25, 0.3) is 0 Å². The standard InChI is InChI=1S/C32H35NO5/c1-20-6-15-28(29(16-20)33(19-21(2)34)30(36)22-9-12-26(35)13-10-22)25-8-7-24-18-27(14-11-23(24)17-25)38-31(37)32(3,4)5/h6,9-16,18,25,35H,7-8,17,19H2,1-5H3. The van der Waals surface area contributed by atoms with Crippen LogP contribution < -0.4 is 9.64 Å². The number of ether oxygens (including phenoxy) is 1. The van der Waals surface area contributed by atoms with Crippen molar-refractivity contribution in [1.82, 2.24) is 0 Å². The third-order valence-electron chi connectivity index (χ3n) is 6.89. The minimum absolute atomic E-state index is 0.0397. The van der Waals surface area contributed by atoms with E-state index in [1.165, 1.54) is 24.6 Å². The molecule has 1 aliphatic rings. The molecule has 1 amide bonds. The number of hydrogen-bond acceptors (Lipinski definition) is 5. The maximum atomic E-state index is 13.6. The first kappa shape index (κ1) is 27.1. The second kappa shape index (κ2) is 10.8. The molecule has 198 valence electrons. The smallest absolute Gasteiger partial charge is 0.316 e. The number of amides is 1. The van der Waals surface area contributed by atoms with Crippen molar-refractivity contribution >= 4 is 23.3 Å². The monoisotopic (exact) mass is 513 g/mol. The van der Waals surface area contributed by atoms with Crippen LogP contribution in [0, 0.1) is 12.3 Å². The summed E-state index contributed by atoms with van der Waals surface area (Å²) in [4.78, 5) is 39.7. The summed E-state index contributed by atoms with van der Waals surface area (Å²) >= 11 is 0. The van der Waals surface area contributed by atoms with Crippen LogP contribution in [0.2, 0.25) is 0 Å². The van der Waals surface area contributed by atoms with Gasteiger partial charge in [-0.2, -0.15) is 0 Å². The highest BCUT2D eigenvalue weighted by Crippen LogP contribution is 2.39. The van der Waals surface area contributed by atoms with E-state index >= 15 is 0 Å². The minimum Gasteiger partial charge on any atom is -0.508 e. The topological polar surface area (TPSA) is 83.9 Å². The van der Waals surface area contributed by atoms with Gasteiger partial charge in [-0.3, -0.25) is 14.4 Å². The number of hydrogen-bond donors (Lipinski definition) is 1. The number of phenolic OH excluding ortho intramolecular Hbond substituents is 1. The predicted molar refractivity (Wildman–Crippen MR) is 148 cm³/mol. The van der Waals surface area contributed by atoms with Crippen LogP contribution >= 0.6 is 0 Å². The number of rotatable bonds is 6. The van der Waals surface area contributed by atoms with Crippen molar-refractivity contribution in [2.24, 2.45) is 5.41 Å². The fourth-order valence-electron chi connectivity index (χ4n) is 4.80. The van der Waals surface area contributed by atoms with Crippen LogP contribution in [0.1, 0.15) is 72.6 Å². The Labute approximate surface area is 224 Å². The number of Topliss-reactive ketones (excluding diaryl/α,β-unsaturated/α-hetero) is 1. The van der Waals surface area contributed by atoms with Crippen molar-refractivity contribution in [2.45, 2.75) is 59.8 Å². The number of fused-ring (bicyclic) bond motifs is 1. The van der Waals surface area contributed by atoms with Crippen LogP contribution in [0.4, 0.5) is 5.69 Å². The van der Waals surface area contributed by atoms with Gasteiger partial charge in [0, 0.05) is 11.3 Å². The first-order valence-corrected chi connectivity index (χ1v) is 13.0. The molecule has 38 heavy (non-hydrogen) atoms. The Morgan fingerprint density at radius 2 is 1.68 bits per heavy atom. The van der Waals surface area contributed by atoms with Crippen LogP contribution in [-0.4, -0.2) is 29.3 Å². The Bertz CT molecular complexity index is 1370. The molecule has 0 aliphatic heterocycles. The molecule has 3 aromatic carbocycles. The van der Waals surface area contributed by atoms with Gasteiger partial charge < -0.3 is 14.7 Å². The molecule has 4 rings (SSSR count). The van der Waals surface area contributed by atoms with Crippen molar-refractivity contribution in [3.8, 4) is 11.5 Å². The maximum absolute atomic E-state index is 13.6. The lowest BCUT2D eigenvalue weighted by atomic mass is 9.79. The SMILES string of the molecule is CC(=O)CN(C(=O)c1ccc(O)cc1)c1cc(C)ccc1C1CCc2cc(OC(=O)C(C)(C)C)ccc2C1. The van der Waals surface area contributed by atoms with Crippen LogP contribution in [0.5, 0.6) is 11.5 Å². The molecule has 1 aliphatic carbocycles. The van der Waals surface area contributed by atoms with Gasteiger partial charge >= 0.3 is 5.97 Å². The quantitative estimate of drug-likeness (QED) is 0.315. The number of nitrogens with zero attached hydrogens (tertiary/aromatic N) is 1. The highest BCUT2D eigenvalue weighted by atomic mass is 16.5. The van der Waals surface area contributed by atoms with Crippen molar-refractivity contribution in [3.63, 3.8) is 0 Å². The summed E-state index contributed by atoms with van der Waals surface area (Å²) in [6.07, 6.45) is 2.45. The zero-order chi connectivity index (χ0) is 27.6. The third kappa shape index (κ3) is 6.13. The summed E-state index contributed by atoms with van der Waals surface area (Å²) in [6.45, 7) is 8.91. The molecule has 1 atom stereocenters. The number of aromatic hydroxyl groups is 1. The second-order valence-electron chi connectivity index (χ2n) is 11.2. The number of ketones is 1. The van der Waals surface area contributed by atoms with Crippen molar-refractivity contribution in [2.75, 3.05) is 11.4 Å². The summed E-state index contributed by atoms with van der Waals surface area (Å²) < 4.78 is 5.60. The van der Waals surface area contributed by atoms with Gasteiger partial charge in [-0.15, -0.1) is 0 Å². The molecule has 0 aromatic heterocycles. The molecule has 6 nitrogen and oxygen atoms in total. The lowest BCUT2D eigenvalue weighted by Crippen LogP contribution is -2.36. The lowest BCUT2D eigenvalue weighted by Gasteiger charge is -2.31. The molecule has 0 spiro atoms. The van der Waals surface area contributed by atoms with Gasteiger partial charge in [0.15, 0.2) is 0 Å². The van der Waals surface area contributed by atoms with Gasteiger partial charge in [0.2, 0.25) is 0 Å². The first-order valence-electron chi connectivity index (χ1n) is 13.0. The number of aryl methyl sites for hydroxylation is 2. The van der Waals surface area contributed by atoms with Gasteiger partial charge in [0.05, 0.1) is 12.0 Å². The Balaban J connectivity index is 1.65. The largest absolute Gasteiger partial charge is 0.508 e. The van der Waals surface area contributed by atoms with Gasteiger partial charge in [-0.05, 0) is 125 Å². The maximum Gasteiger partial charge on any atom is 0.316 e. The number of esters is 1. The van der Waals surface area contributed by atoms with E-state index in [2.05, 4.69) is 6.07 Å². The third-order valence-corrected chi connectivity index (χ3v) is 6.89. The fourth-order valence-corrected chi connectivity index (χ4v) is 4.80. The van der Waals surface area contributed by atoms with E-state index in [0.717, 1.165) is 41.6 Å². The highest BCUT2D eigenvalue weighted by Gasteiger charge is 2.29. The van der Waals surface area contributed by atoms with E-state index < -0.39 is 5.41 Å². The second-order valence-corrected chi connectivity index (χ2v) is 11.2. The molecular weight excluding hydrogens is 478 g/mol. The van der Waals surface area contributed by atoms with Crippen LogP contribution in [-0.2, 0) is 22.4 Å². The van der Waals surface area contributed by atoms with Gasteiger partial charge in [-0.25, -0.2) is 0 Å². The first-order chi connectivity index (χ1) is 17.9. The lowest BCUT2D eigenvalue weighted by molar-refractivity contribution is -0.143. The Morgan fingerprint density at radius 1 is 0.974 bits per heavy atom. The molecule has 1 N–H and O–H groups in total. The number of carbonyl (C=O) groups excluding carboxylic acids is 3. The average molecular weight is 514 g/mol. The van der Waals surface area contributed by atoms with Crippen LogP contribution in [0.15, 0.2) is 60.7 Å². The molecule has 1 unspecified atom stereocenters. The molecule has 0 saturated carbocycles. The van der Waals surface area contributed by atoms with Gasteiger partial charge in [0.1, 0.15) is 17.3 Å². The van der Waals surface area contributed by atoms with E-state index in [1.807, 2.05) is 58.0 Å². The number of carbonyl (C=O) groups is 3. The Kier molecular flexibility index (Phi) is 7.72. The molecule has 0 bridgehead atoms. The molecule has 0 radical (unpaired) electrons. The van der Waals surface area contributed by atoms with Crippen molar-refractivity contribution in [1.29, 1.82) is 0 Å². The number of anilines is 1. The van der Waals surface area contributed by atoms with E-state index in [9.17, 15) is 19.5 Å². The number of phenols is 1. The Morgan fingerprint density at radius 3 is 2.34 bits per heavy atom. The highest BCUT2D eigenvalue weighted by molar-refractivity contribution is 6.09. The van der Waals surface area contributed by atoms with E-state index in [0.29, 0.717) is 11.3 Å². The fraction of sp³-hybridized carbons (Fsp3) is 0.344. The average Bonchev–Trinajstić information content (AvgIpc) is 2.86. The van der Waals surface area contributed by atoms with Crippen molar-refractivity contribution < 1.29 is 24.2 Å². The molecule has 6 heteroatoms. The van der Waals surface area contributed by atoms with Crippen molar-refractivity contribution in [3.05, 3.63) is 88.5 Å². The zero-order valence-electron chi connectivity index (χ0n) is 22.7. The molecule has 3 aromatic rings. The molecule has 0 heterocycles. The summed E-state index contributed by atoms with van der Waals surface area (Å²) in [7, 11) is 0. The summed E-state index contributed by atoms with van der Waals surface area (Å²) in [5, 5.41) is 9.66. The van der Waals surface area contributed by atoms with E-state index in [-0.39, 0.29) is 35.9 Å². The molecular formula is C32H35NO5. The molecule has 0 fully saturated rings. The van der Waals surface area contributed by atoms with Gasteiger partial charge in [-0.1, -0.05) is 18.2 Å². The number of benzene rings is 3. The van der Waals surface area contributed by atoms with E-state index in [1.54, 1.807) is 17.0 Å². The van der Waals surface area contributed by atoms with E-state index in [4.69, 9.17) is 4.74 Å². The zero-order valence-corrected chi connectivity index (χ0v) is 22.7. The summed E-state index contributed by atoms with van der Waals surface area (Å²) in [5.74, 6) is 0.130. The van der Waals surface area contributed by atoms with Gasteiger partial charge in [0.25, 0.3) is 5.91 Å². The van der Waals surface area contributed by atoms with Crippen LogP contribution in [0.3, 0.4) is 0 Å². The summed E-state index contributed by atoms with van der Waals surface area (Å²) in [5.41, 5.74) is 4.94.